The molecule has 1 heterocycles. The van der Waals surface area contributed by atoms with Gasteiger partial charge in [0.1, 0.15) is 0 Å². The Morgan fingerprint density at radius 2 is 1.50 bits per heavy atom. The summed E-state index contributed by atoms with van der Waals surface area (Å²) < 4.78 is 9.72. The zero-order valence-corrected chi connectivity index (χ0v) is 13.3. The second-order valence-corrected chi connectivity index (χ2v) is 6.36. The molecule has 6 heteroatoms. The molecular weight excluding hydrogens is 286 g/mol. The minimum Gasteiger partial charge on any atom is -0.466 e. The van der Waals surface area contributed by atoms with Gasteiger partial charge < -0.3 is 14.4 Å². The van der Waals surface area contributed by atoms with Crippen molar-refractivity contribution >= 4 is 17.8 Å². The third-order valence-electron chi connectivity index (χ3n) is 5.94. The van der Waals surface area contributed by atoms with E-state index in [1.54, 1.807) is 11.9 Å². The molecule has 4 rings (SSSR count). The topological polar surface area (TPSA) is 72.9 Å². The summed E-state index contributed by atoms with van der Waals surface area (Å²) in [7, 11) is 4.28. The number of nitrogens with zero attached hydrogens (tertiary/aromatic N) is 1. The van der Waals surface area contributed by atoms with Crippen LogP contribution >= 0.6 is 0 Å². The number of methoxy groups -OCH3 is 2. The third-order valence-corrected chi connectivity index (χ3v) is 5.94. The second kappa shape index (κ2) is 4.21. The van der Waals surface area contributed by atoms with Crippen molar-refractivity contribution in [2.75, 3.05) is 21.3 Å². The van der Waals surface area contributed by atoms with Gasteiger partial charge in [0.15, 0.2) is 0 Å². The van der Waals surface area contributed by atoms with Crippen molar-refractivity contribution in [1.29, 1.82) is 0 Å². The number of hydrogen-bond acceptors (Lipinski definition) is 5. The number of likely N-dealkylation sites (tertiary alicyclic amines) is 1. The molecule has 4 atom stereocenters. The molecule has 1 amide bonds. The summed E-state index contributed by atoms with van der Waals surface area (Å²) in [6.07, 6.45) is 3.74. The Morgan fingerprint density at radius 1 is 1.05 bits per heavy atom. The van der Waals surface area contributed by atoms with E-state index in [1.165, 1.54) is 14.2 Å². The molecule has 0 N–H and O–H groups in total. The number of ether oxygens (including phenoxy) is 2. The molecule has 3 aliphatic carbocycles. The molecular formula is C16H19NO5. The number of carbonyl (C=O) groups is 3. The summed E-state index contributed by atoms with van der Waals surface area (Å²) in [5.74, 6) is -2.01. The van der Waals surface area contributed by atoms with Gasteiger partial charge in [-0.2, -0.15) is 0 Å². The molecule has 0 spiro atoms. The van der Waals surface area contributed by atoms with Crippen LogP contribution in [0.5, 0.6) is 0 Å². The molecule has 118 valence electrons. The van der Waals surface area contributed by atoms with Crippen molar-refractivity contribution in [3.05, 3.63) is 23.3 Å². The van der Waals surface area contributed by atoms with E-state index in [0.717, 1.165) is 0 Å². The highest BCUT2D eigenvalue weighted by molar-refractivity contribution is 6.07. The summed E-state index contributed by atoms with van der Waals surface area (Å²) in [6, 6.07) is 0. The van der Waals surface area contributed by atoms with Crippen LogP contribution in [0.1, 0.15) is 13.8 Å². The van der Waals surface area contributed by atoms with Crippen molar-refractivity contribution in [1.82, 2.24) is 4.90 Å². The van der Waals surface area contributed by atoms with E-state index in [1.807, 2.05) is 26.0 Å². The smallest absolute Gasteiger partial charge is 0.334 e. The minimum atomic E-state index is -0.748. The van der Waals surface area contributed by atoms with E-state index < -0.39 is 28.8 Å². The Balaban J connectivity index is 2.27. The van der Waals surface area contributed by atoms with Crippen LogP contribution in [-0.2, 0) is 23.9 Å². The predicted molar refractivity (Wildman–Crippen MR) is 76.5 cm³/mol. The number of rotatable bonds is 2. The first kappa shape index (κ1) is 14.8. The van der Waals surface area contributed by atoms with E-state index in [9.17, 15) is 14.4 Å². The molecule has 0 saturated carbocycles. The molecule has 1 aliphatic heterocycles. The largest absolute Gasteiger partial charge is 0.466 e. The Kier molecular flexibility index (Phi) is 2.84. The SMILES string of the molecule is COC(=O)C1=C(C(=O)OC)[C@H]2C=C[C@H]1[C@@]1(C)N(C)C(=O)[C@]21C. The fraction of sp³-hybridized carbons (Fsp3) is 0.562. The lowest BCUT2D eigenvalue weighted by molar-refractivity contribution is -0.200. The van der Waals surface area contributed by atoms with Gasteiger partial charge in [-0.25, -0.2) is 9.59 Å². The van der Waals surface area contributed by atoms with Gasteiger partial charge in [0.25, 0.3) is 0 Å². The number of hydrogen-bond donors (Lipinski definition) is 0. The van der Waals surface area contributed by atoms with Crippen LogP contribution in [0, 0.1) is 17.3 Å². The zero-order chi connectivity index (χ0) is 16.4. The molecule has 22 heavy (non-hydrogen) atoms. The van der Waals surface area contributed by atoms with Gasteiger partial charge in [0.05, 0.1) is 36.3 Å². The van der Waals surface area contributed by atoms with Gasteiger partial charge in [-0.05, 0) is 13.8 Å². The van der Waals surface area contributed by atoms with E-state index in [0.29, 0.717) is 5.57 Å². The molecule has 0 aromatic carbocycles. The lowest BCUT2D eigenvalue weighted by Crippen LogP contribution is -2.81. The van der Waals surface area contributed by atoms with E-state index in [-0.39, 0.29) is 17.4 Å². The Morgan fingerprint density at radius 3 is 2.00 bits per heavy atom. The van der Waals surface area contributed by atoms with Crippen LogP contribution in [0.25, 0.3) is 0 Å². The van der Waals surface area contributed by atoms with Crippen LogP contribution in [0.2, 0.25) is 0 Å². The molecule has 1 fully saturated rings. The first-order valence-electron chi connectivity index (χ1n) is 7.14. The highest BCUT2D eigenvalue weighted by Gasteiger charge is 2.75. The summed E-state index contributed by atoms with van der Waals surface area (Å²) in [5, 5.41) is 0. The lowest BCUT2D eigenvalue weighted by atomic mass is 9.43. The molecule has 0 radical (unpaired) electrons. The summed E-state index contributed by atoms with van der Waals surface area (Å²) in [4.78, 5) is 38.7. The van der Waals surface area contributed by atoms with Crippen molar-refractivity contribution in [2.45, 2.75) is 19.4 Å². The van der Waals surface area contributed by atoms with E-state index in [4.69, 9.17) is 9.47 Å². The molecule has 0 unspecified atom stereocenters. The number of allylic oxidation sites excluding steroid dienone is 1. The molecule has 0 aromatic heterocycles. The Hall–Kier alpha value is -2.11. The predicted octanol–water partition coefficient (Wildman–Crippen LogP) is 0.682. The van der Waals surface area contributed by atoms with E-state index in [2.05, 4.69) is 0 Å². The Bertz CT molecular complexity index is 663. The maximum absolute atomic E-state index is 12.5. The standard InChI is InChI=1S/C16H19NO5/c1-15-8-6-7-9(16(15,2)17(3)14(15)20)11(13(19)22-5)10(8)12(18)21-4/h6-9H,1-5H3/t8-,9-,15+,16-/m1/s1. The Labute approximate surface area is 128 Å². The number of amides is 1. The molecule has 6 nitrogen and oxygen atoms in total. The van der Waals surface area contributed by atoms with E-state index >= 15 is 0 Å². The average molecular weight is 305 g/mol. The fourth-order valence-corrected chi connectivity index (χ4v) is 4.44. The number of esters is 2. The highest BCUT2D eigenvalue weighted by Crippen LogP contribution is 2.65. The van der Waals surface area contributed by atoms with Crippen molar-refractivity contribution in [3.63, 3.8) is 0 Å². The number of β-lactam (4-membered cyclic amide) rings is 1. The van der Waals surface area contributed by atoms with Crippen LogP contribution in [0.15, 0.2) is 23.3 Å². The minimum absolute atomic E-state index is 0.0281. The third kappa shape index (κ3) is 1.25. The monoisotopic (exact) mass is 305 g/mol. The number of carbonyl (C=O) groups excluding carboxylic acids is 3. The van der Waals surface area contributed by atoms with Crippen LogP contribution in [0.4, 0.5) is 0 Å². The molecule has 0 aromatic rings. The molecule has 1 saturated heterocycles. The maximum atomic E-state index is 12.5. The van der Waals surface area contributed by atoms with Crippen molar-refractivity contribution < 1.29 is 23.9 Å². The highest BCUT2D eigenvalue weighted by atomic mass is 16.5. The summed E-state index contributed by atoms with van der Waals surface area (Å²) >= 11 is 0. The van der Waals surface area contributed by atoms with Gasteiger partial charge in [-0.15, -0.1) is 0 Å². The molecule has 4 aliphatic rings. The quantitative estimate of drug-likeness (QED) is 0.426. The average Bonchev–Trinajstić information content (AvgIpc) is 2.55. The van der Waals surface area contributed by atoms with Gasteiger partial charge in [-0.1, -0.05) is 12.2 Å². The fourth-order valence-electron chi connectivity index (χ4n) is 4.44. The van der Waals surface area contributed by atoms with Crippen molar-refractivity contribution in [2.24, 2.45) is 17.3 Å². The van der Waals surface area contributed by atoms with Crippen molar-refractivity contribution in [3.8, 4) is 0 Å². The van der Waals surface area contributed by atoms with Crippen LogP contribution in [0.3, 0.4) is 0 Å². The summed E-state index contributed by atoms with van der Waals surface area (Å²) in [6.45, 7) is 3.81. The van der Waals surface area contributed by atoms with Crippen LogP contribution in [-0.4, -0.2) is 49.6 Å². The van der Waals surface area contributed by atoms with Crippen LogP contribution < -0.4 is 0 Å². The normalized spacial score (nSPS) is 38.6. The first-order valence-corrected chi connectivity index (χ1v) is 7.14. The zero-order valence-electron chi connectivity index (χ0n) is 13.3. The first-order chi connectivity index (χ1) is 10.3. The summed E-state index contributed by atoms with van der Waals surface area (Å²) in [5.41, 5.74) is -0.739. The van der Waals surface area contributed by atoms with Gasteiger partial charge in [0, 0.05) is 18.9 Å². The van der Waals surface area contributed by atoms with Gasteiger partial charge in [0.2, 0.25) is 5.91 Å². The maximum Gasteiger partial charge on any atom is 0.334 e. The second-order valence-electron chi connectivity index (χ2n) is 6.36. The van der Waals surface area contributed by atoms with Gasteiger partial charge >= 0.3 is 11.9 Å². The lowest BCUT2D eigenvalue weighted by Gasteiger charge is -2.70. The molecule has 2 bridgehead atoms. The van der Waals surface area contributed by atoms with Gasteiger partial charge in [-0.3, -0.25) is 4.79 Å².